The van der Waals surface area contributed by atoms with Crippen molar-refractivity contribution in [2.45, 2.75) is 50.2 Å². The Balaban J connectivity index is 2.00. The second kappa shape index (κ2) is 10.1. The Morgan fingerprint density at radius 1 is 1.27 bits per heavy atom. The number of nitrogens with zero attached hydrogens (tertiary/aromatic N) is 3. The third-order valence-corrected chi connectivity index (χ3v) is 6.90. The van der Waals surface area contributed by atoms with Crippen LogP contribution in [0.15, 0.2) is 4.34 Å². The quantitative estimate of drug-likeness (QED) is 0.625. The lowest BCUT2D eigenvalue weighted by Crippen LogP contribution is -2.43. The maximum atomic E-state index is 12.6. The SMILES string of the molecule is CCCCN(CC1OCCCO1)C(=O)Nc1nnc(S(=O)(=O)CCC)s1. The first-order chi connectivity index (χ1) is 12.5. The number of carbonyl (C=O) groups is 1. The van der Waals surface area contributed by atoms with E-state index in [0.29, 0.717) is 32.7 Å². The summed E-state index contributed by atoms with van der Waals surface area (Å²) in [5.74, 6) is 0.00849. The van der Waals surface area contributed by atoms with Gasteiger partial charge in [-0.15, -0.1) is 10.2 Å². The van der Waals surface area contributed by atoms with Gasteiger partial charge >= 0.3 is 6.03 Å². The van der Waals surface area contributed by atoms with Crippen LogP contribution in [0.3, 0.4) is 0 Å². The van der Waals surface area contributed by atoms with Crippen molar-refractivity contribution in [1.29, 1.82) is 0 Å². The molecule has 0 spiro atoms. The lowest BCUT2D eigenvalue weighted by molar-refractivity contribution is -0.183. The highest BCUT2D eigenvalue weighted by molar-refractivity contribution is 7.93. The van der Waals surface area contributed by atoms with Crippen LogP contribution in [0.5, 0.6) is 0 Å². The van der Waals surface area contributed by atoms with Crippen molar-refractivity contribution < 1.29 is 22.7 Å². The fraction of sp³-hybridized carbons (Fsp3) is 0.800. The minimum atomic E-state index is -3.44. The lowest BCUT2D eigenvalue weighted by atomic mass is 10.3. The number of aromatic nitrogens is 2. The molecule has 1 N–H and O–H groups in total. The fourth-order valence-corrected chi connectivity index (χ4v) is 4.70. The molecule has 2 amide bonds. The van der Waals surface area contributed by atoms with Crippen molar-refractivity contribution in [2.75, 3.05) is 37.4 Å². The molecule has 0 bridgehead atoms. The van der Waals surface area contributed by atoms with E-state index < -0.39 is 16.1 Å². The summed E-state index contributed by atoms with van der Waals surface area (Å²) in [5.41, 5.74) is 0. The highest BCUT2D eigenvalue weighted by Crippen LogP contribution is 2.22. The molecule has 0 atom stereocenters. The Morgan fingerprint density at radius 2 is 2.00 bits per heavy atom. The Hall–Kier alpha value is -1.30. The molecule has 0 unspecified atom stereocenters. The Kier molecular flexibility index (Phi) is 8.19. The van der Waals surface area contributed by atoms with Crippen LogP contribution >= 0.6 is 11.3 Å². The first kappa shape index (κ1) is 21.0. The number of carbonyl (C=O) groups excluding carboxylic acids is 1. The molecule has 9 nitrogen and oxygen atoms in total. The van der Waals surface area contributed by atoms with Crippen LogP contribution < -0.4 is 5.32 Å². The summed E-state index contributed by atoms with van der Waals surface area (Å²) in [6.45, 7) is 5.91. The summed E-state index contributed by atoms with van der Waals surface area (Å²) >= 11 is 0.864. The van der Waals surface area contributed by atoms with E-state index in [1.54, 1.807) is 11.8 Å². The number of unbranched alkanes of at least 4 members (excludes halogenated alkanes) is 1. The van der Waals surface area contributed by atoms with Gasteiger partial charge in [-0.3, -0.25) is 5.32 Å². The van der Waals surface area contributed by atoms with Crippen LogP contribution in [0.25, 0.3) is 0 Å². The molecule has 1 aliphatic heterocycles. The van der Waals surface area contributed by atoms with Gasteiger partial charge in [0, 0.05) is 6.54 Å². The van der Waals surface area contributed by atoms with Crippen molar-refractivity contribution in [2.24, 2.45) is 0 Å². The minimum absolute atomic E-state index is 0.00849. The third kappa shape index (κ3) is 6.15. The monoisotopic (exact) mass is 406 g/mol. The second-order valence-corrected chi connectivity index (χ2v) is 9.21. The maximum absolute atomic E-state index is 12.6. The van der Waals surface area contributed by atoms with Crippen molar-refractivity contribution in [3.8, 4) is 0 Å². The van der Waals surface area contributed by atoms with Gasteiger partial charge in [0.15, 0.2) is 6.29 Å². The Labute approximate surface area is 158 Å². The number of hydrogen-bond acceptors (Lipinski definition) is 8. The molecule has 26 heavy (non-hydrogen) atoms. The molecule has 0 saturated carbocycles. The van der Waals surface area contributed by atoms with Gasteiger partial charge in [-0.1, -0.05) is 31.6 Å². The zero-order chi connectivity index (χ0) is 19.0. The first-order valence-electron chi connectivity index (χ1n) is 8.81. The smallest absolute Gasteiger partial charge is 0.323 e. The lowest BCUT2D eigenvalue weighted by Gasteiger charge is -2.29. The summed E-state index contributed by atoms with van der Waals surface area (Å²) in [6, 6.07) is -0.369. The molecule has 1 aromatic rings. The van der Waals surface area contributed by atoms with E-state index in [1.165, 1.54) is 0 Å². The zero-order valence-corrected chi connectivity index (χ0v) is 16.8. The van der Waals surface area contributed by atoms with E-state index in [2.05, 4.69) is 15.5 Å². The molecule has 148 valence electrons. The highest BCUT2D eigenvalue weighted by atomic mass is 32.2. The summed E-state index contributed by atoms with van der Waals surface area (Å²) in [7, 11) is -3.44. The molecule has 2 heterocycles. The van der Waals surface area contributed by atoms with Crippen LogP contribution in [-0.4, -0.2) is 67.9 Å². The highest BCUT2D eigenvalue weighted by Gasteiger charge is 2.24. The van der Waals surface area contributed by atoms with E-state index >= 15 is 0 Å². The van der Waals surface area contributed by atoms with Crippen LogP contribution in [0.4, 0.5) is 9.93 Å². The Morgan fingerprint density at radius 3 is 2.65 bits per heavy atom. The van der Waals surface area contributed by atoms with Gasteiger partial charge in [0.2, 0.25) is 19.3 Å². The van der Waals surface area contributed by atoms with Crippen LogP contribution in [0.2, 0.25) is 0 Å². The first-order valence-corrected chi connectivity index (χ1v) is 11.3. The predicted molar refractivity (Wildman–Crippen MR) is 98.1 cm³/mol. The summed E-state index contributed by atoms with van der Waals surface area (Å²) < 4.78 is 35.0. The molecule has 0 aliphatic carbocycles. The summed E-state index contributed by atoms with van der Waals surface area (Å²) in [6.07, 6.45) is 2.68. The molecule has 1 aliphatic rings. The van der Waals surface area contributed by atoms with Gasteiger partial charge in [-0.25, -0.2) is 13.2 Å². The van der Waals surface area contributed by atoms with Crippen molar-refractivity contribution >= 4 is 32.3 Å². The number of sulfone groups is 1. The number of anilines is 1. The van der Waals surface area contributed by atoms with Crippen molar-refractivity contribution in [3.63, 3.8) is 0 Å². The average Bonchev–Trinajstić information content (AvgIpc) is 3.09. The van der Waals surface area contributed by atoms with Crippen molar-refractivity contribution in [1.82, 2.24) is 15.1 Å². The number of rotatable bonds is 9. The number of nitrogens with one attached hydrogen (secondary N) is 1. The second-order valence-electron chi connectivity index (χ2n) is 5.95. The molecule has 0 radical (unpaired) electrons. The zero-order valence-electron chi connectivity index (χ0n) is 15.1. The number of hydrogen-bond donors (Lipinski definition) is 1. The summed E-state index contributed by atoms with van der Waals surface area (Å²) in [5, 5.41) is 10.3. The van der Waals surface area contributed by atoms with Gasteiger partial charge in [-0.05, 0) is 19.3 Å². The number of urea groups is 1. The van der Waals surface area contributed by atoms with E-state index in [1.807, 2.05) is 6.92 Å². The van der Waals surface area contributed by atoms with Gasteiger partial charge in [-0.2, -0.15) is 0 Å². The van der Waals surface area contributed by atoms with Gasteiger partial charge in [0.05, 0.1) is 25.5 Å². The standard InChI is InChI=1S/C15H26N4O5S2/c1-3-5-7-19(11-12-23-8-6-9-24-12)14(20)16-13-17-18-15(25-13)26(21,22)10-4-2/h12H,3-11H2,1-2H3,(H,16,17,20). The number of amides is 2. The molecular formula is C15H26N4O5S2. The molecule has 1 aromatic heterocycles. The normalized spacial score (nSPS) is 15.8. The van der Waals surface area contributed by atoms with E-state index in [4.69, 9.17) is 9.47 Å². The molecular weight excluding hydrogens is 380 g/mol. The number of ether oxygens (including phenoxy) is 2. The van der Waals surface area contributed by atoms with Crippen LogP contribution in [-0.2, 0) is 19.3 Å². The molecule has 0 aromatic carbocycles. The molecule has 11 heteroatoms. The van der Waals surface area contributed by atoms with Crippen LogP contribution in [0, 0.1) is 0 Å². The van der Waals surface area contributed by atoms with E-state index in [-0.39, 0.29) is 21.3 Å². The Bertz CT molecular complexity index is 673. The van der Waals surface area contributed by atoms with Crippen molar-refractivity contribution in [3.05, 3.63) is 0 Å². The van der Waals surface area contributed by atoms with Gasteiger partial charge in [0.25, 0.3) is 0 Å². The molecule has 2 rings (SSSR count). The van der Waals surface area contributed by atoms with Gasteiger partial charge in [0.1, 0.15) is 0 Å². The average molecular weight is 407 g/mol. The summed E-state index contributed by atoms with van der Waals surface area (Å²) in [4.78, 5) is 14.2. The van der Waals surface area contributed by atoms with E-state index in [9.17, 15) is 13.2 Å². The topological polar surface area (TPSA) is 111 Å². The molecule has 1 fully saturated rings. The third-order valence-electron chi connectivity index (χ3n) is 3.69. The minimum Gasteiger partial charge on any atom is -0.351 e. The largest absolute Gasteiger partial charge is 0.351 e. The maximum Gasteiger partial charge on any atom is 0.323 e. The van der Waals surface area contributed by atoms with E-state index in [0.717, 1.165) is 30.6 Å². The predicted octanol–water partition coefficient (Wildman–Crippen LogP) is 2.12. The molecule has 1 saturated heterocycles. The van der Waals surface area contributed by atoms with Crippen LogP contribution in [0.1, 0.15) is 39.5 Å². The fourth-order valence-electron chi connectivity index (χ4n) is 2.36. The van der Waals surface area contributed by atoms with Gasteiger partial charge < -0.3 is 14.4 Å².